The summed E-state index contributed by atoms with van der Waals surface area (Å²) in [5.74, 6) is -0.335. The number of aliphatic imine (C=N–C) groups is 1. The van der Waals surface area contributed by atoms with Crippen molar-refractivity contribution >= 4 is 27.6 Å². The highest BCUT2D eigenvalue weighted by Gasteiger charge is 2.35. The van der Waals surface area contributed by atoms with E-state index in [0.717, 1.165) is 10.0 Å². The molecule has 1 unspecified atom stereocenters. The Morgan fingerprint density at radius 3 is 2.64 bits per heavy atom. The molecule has 3 nitrogen and oxygen atoms in total. The van der Waals surface area contributed by atoms with E-state index < -0.39 is 0 Å². The molecule has 0 radical (unpaired) electrons. The molecule has 2 rings (SSSR count). The van der Waals surface area contributed by atoms with Gasteiger partial charge in [-0.2, -0.15) is 0 Å². The lowest BCUT2D eigenvalue weighted by atomic mass is 10.1. The second-order valence-corrected chi connectivity index (χ2v) is 3.88. The molecule has 1 atom stereocenters. The summed E-state index contributed by atoms with van der Waals surface area (Å²) < 4.78 is 5.59. The lowest BCUT2D eigenvalue weighted by molar-refractivity contribution is -0.132. The minimum Gasteiger partial charge on any atom is -0.464 e. The summed E-state index contributed by atoms with van der Waals surface area (Å²) in [6.45, 7) is 0. The fraction of sp³-hybridized carbons (Fsp3) is 0.200. The first-order valence-corrected chi connectivity index (χ1v) is 4.93. The number of carbonyl (C=O) groups excluding carboxylic acids is 1. The number of carbonyl (C=O) groups is 1. The van der Waals surface area contributed by atoms with Gasteiger partial charge in [-0.3, -0.25) is 4.99 Å². The Balaban J connectivity index is 2.08. The van der Waals surface area contributed by atoms with E-state index in [1.54, 1.807) is 0 Å². The second kappa shape index (κ2) is 3.53. The van der Waals surface area contributed by atoms with Crippen LogP contribution < -0.4 is 0 Å². The molecule has 0 amide bonds. The van der Waals surface area contributed by atoms with Crippen molar-refractivity contribution in [3.63, 3.8) is 0 Å². The van der Waals surface area contributed by atoms with Crippen LogP contribution in [0, 0.1) is 0 Å². The minimum atomic E-state index is -0.335. The number of benzene rings is 1. The van der Waals surface area contributed by atoms with Crippen molar-refractivity contribution in [2.24, 2.45) is 4.99 Å². The van der Waals surface area contributed by atoms with Crippen LogP contribution >= 0.6 is 15.9 Å². The summed E-state index contributed by atoms with van der Waals surface area (Å²) in [6, 6.07) is 7.65. The molecule has 0 N–H and O–H groups in total. The number of methoxy groups -OCH3 is 1. The maximum atomic E-state index is 11.1. The van der Waals surface area contributed by atoms with E-state index in [2.05, 4.69) is 25.7 Å². The van der Waals surface area contributed by atoms with Gasteiger partial charge >= 0.3 is 5.97 Å². The summed E-state index contributed by atoms with van der Waals surface area (Å²) in [5.41, 5.74) is 1.53. The summed E-state index contributed by atoms with van der Waals surface area (Å²) in [4.78, 5) is 15.1. The van der Waals surface area contributed by atoms with Crippen molar-refractivity contribution in [2.75, 3.05) is 7.11 Å². The Morgan fingerprint density at radius 2 is 2.07 bits per heavy atom. The van der Waals surface area contributed by atoms with Gasteiger partial charge in [-0.15, -0.1) is 0 Å². The normalized spacial score (nSPS) is 18.7. The molecule has 0 fully saturated rings. The zero-order chi connectivity index (χ0) is 10.1. The van der Waals surface area contributed by atoms with E-state index in [4.69, 9.17) is 0 Å². The molecule has 1 aliphatic heterocycles. The highest BCUT2D eigenvalue weighted by molar-refractivity contribution is 9.10. The third-order valence-electron chi connectivity index (χ3n) is 2.04. The fourth-order valence-electron chi connectivity index (χ4n) is 1.25. The van der Waals surface area contributed by atoms with Gasteiger partial charge in [-0.1, -0.05) is 28.1 Å². The lowest BCUT2D eigenvalue weighted by Gasteiger charge is -1.97. The lowest BCUT2D eigenvalue weighted by Crippen LogP contribution is -2.08. The molecule has 0 aliphatic carbocycles. The predicted molar refractivity (Wildman–Crippen MR) is 56.3 cm³/mol. The number of hydrogen-bond acceptors (Lipinski definition) is 3. The van der Waals surface area contributed by atoms with Gasteiger partial charge in [0.05, 0.1) is 7.11 Å². The van der Waals surface area contributed by atoms with Crippen LogP contribution in [0.1, 0.15) is 11.6 Å². The van der Waals surface area contributed by atoms with Gasteiger partial charge in [0, 0.05) is 4.47 Å². The van der Waals surface area contributed by atoms with E-state index in [1.807, 2.05) is 24.3 Å². The number of nitrogens with zero attached hydrogens (tertiary/aromatic N) is 1. The van der Waals surface area contributed by atoms with Gasteiger partial charge in [0.2, 0.25) is 0 Å². The zero-order valence-corrected chi connectivity index (χ0v) is 9.11. The van der Waals surface area contributed by atoms with Crippen molar-refractivity contribution in [1.29, 1.82) is 0 Å². The molecular weight excluding hydrogens is 246 g/mol. The first-order valence-electron chi connectivity index (χ1n) is 4.14. The molecule has 72 valence electrons. The van der Waals surface area contributed by atoms with Crippen LogP contribution in [0.3, 0.4) is 0 Å². The molecule has 0 spiro atoms. The molecule has 14 heavy (non-hydrogen) atoms. The highest BCUT2D eigenvalue weighted by atomic mass is 79.9. The Morgan fingerprint density at radius 1 is 1.43 bits per heavy atom. The average molecular weight is 254 g/mol. The van der Waals surface area contributed by atoms with E-state index in [1.165, 1.54) is 7.11 Å². The summed E-state index contributed by atoms with van der Waals surface area (Å²) in [5, 5.41) is 0. The van der Waals surface area contributed by atoms with E-state index in [9.17, 15) is 4.79 Å². The molecule has 4 heteroatoms. The Bertz CT molecular complexity index is 397. The van der Waals surface area contributed by atoms with Crippen LogP contribution in [-0.2, 0) is 9.53 Å². The molecule has 0 saturated carbocycles. The fourth-order valence-corrected chi connectivity index (χ4v) is 1.51. The molecular formula is C10H8BrNO2. The van der Waals surface area contributed by atoms with Crippen LogP contribution in [0.2, 0.25) is 0 Å². The number of ether oxygens (including phenoxy) is 1. The van der Waals surface area contributed by atoms with Gasteiger partial charge in [0.25, 0.3) is 0 Å². The maximum Gasteiger partial charge on any atom is 0.354 e. The number of rotatable bonds is 2. The SMILES string of the molecule is COC(=O)C1=NC1c1ccc(Br)cc1. The standard InChI is InChI=1S/C10H8BrNO2/c1-14-10(13)9-8(12-9)6-2-4-7(11)5-3-6/h2-5,8H,1H3. The quantitative estimate of drug-likeness (QED) is 0.758. The monoisotopic (exact) mass is 253 g/mol. The van der Waals surface area contributed by atoms with Crippen LogP contribution in [-0.4, -0.2) is 18.8 Å². The van der Waals surface area contributed by atoms with Gasteiger partial charge in [0.1, 0.15) is 6.04 Å². The second-order valence-electron chi connectivity index (χ2n) is 2.96. The maximum absolute atomic E-state index is 11.1. The average Bonchev–Trinajstić information content (AvgIpc) is 2.98. The summed E-state index contributed by atoms with van der Waals surface area (Å²) >= 11 is 3.34. The van der Waals surface area contributed by atoms with E-state index in [0.29, 0.717) is 5.71 Å². The molecule has 0 bridgehead atoms. The molecule has 1 aromatic rings. The van der Waals surface area contributed by atoms with Gasteiger partial charge in [0.15, 0.2) is 5.71 Å². The third-order valence-corrected chi connectivity index (χ3v) is 2.57. The summed E-state index contributed by atoms with van der Waals surface area (Å²) in [6.07, 6.45) is 0. The van der Waals surface area contributed by atoms with Gasteiger partial charge in [-0.05, 0) is 17.7 Å². The van der Waals surface area contributed by atoms with Crippen LogP contribution in [0.15, 0.2) is 33.7 Å². The Hall–Kier alpha value is -1.16. The minimum absolute atomic E-state index is 0.0875. The molecule has 1 heterocycles. The Labute approximate surface area is 89.9 Å². The zero-order valence-electron chi connectivity index (χ0n) is 7.53. The third kappa shape index (κ3) is 1.70. The van der Waals surface area contributed by atoms with Gasteiger partial charge < -0.3 is 4.74 Å². The smallest absolute Gasteiger partial charge is 0.354 e. The van der Waals surface area contributed by atoms with Crippen LogP contribution in [0.5, 0.6) is 0 Å². The first-order chi connectivity index (χ1) is 6.72. The van der Waals surface area contributed by atoms with Crippen molar-refractivity contribution in [3.8, 4) is 0 Å². The number of hydrogen-bond donors (Lipinski definition) is 0. The van der Waals surface area contributed by atoms with Crippen LogP contribution in [0.25, 0.3) is 0 Å². The summed E-state index contributed by atoms with van der Waals surface area (Å²) in [7, 11) is 1.36. The largest absolute Gasteiger partial charge is 0.464 e. The highest BCUT2D eigenvalue weighted by Crippen LogP contribution is 2.32. The van der Waals surface area contributed by atoms with E-state index in [-0.39, 0.29) is 12.0 Å². The topological polar surface area (TPSA) is 38.7 Å². The molecule has 0 aromatic heterocycles. The first kappa shape index (κ1) is 9.40. The predicted octanol–water partition coefficient (Wildman–Crippen LogP) is 2.12. The molecule has 0 saturated heterocycles. The van der Waals surface area contributed by atoms with Crippen molar-refractivity contribution in [2.45, 2.75) is 6.04 Å². The van der Waals surface area contributed by atoms with E-state index >= 15 is 0 Å². The molecule has 1 aromatic carbocycles. The van der Waals surface area contributed by atoms with Crippen molar-refractivity contribution < 1.29 is 9.53 Å². The van der Waals surface area contributed by atoms with Crippen molar-refractivity contribution in [3.05, 3.63) is 34.3 Å². The van der Waals surface area contributed by atoms with Crippen LogP contribution in [0.4, 0.5) is 0 Å². The number of esters is 1. The van der Waals surface area contributed by atoms with Gasteiger partial charge in [-0.25, -0.2) is 4.79 Å². The molecule has 1 aliphatic rings. The number of halogens is 1. The van der Waals surface area contributed by atoms with Crippen molar-refractivity contribution in [1.82, 2.24) is 0 Å². The Kier molecular flexibility index (Phi) is 2.37.